The molecule has 84 valence electrons. The minimum Gasteiger partial charge on any atom is -0.454 e. The van der Waals surface area contributed by atoms with Crippen molar-refractivity contribution in [1.82, 2.24) is 4.98 Å². The van der Waals surface area contributed by atoms with Gasteiger partial charge in [-0.3, -0.25) is 4.98 Å². The maximum Gasteiger partial charge on any atom is 0.147 e. The molecule has 0 saturated carbocycles. The third-order valence-electron chi connectivity index (χ3n) is 1.97. The molecule has 0 saturated heterocycles. The molecule has 1 heterocycles. The lowest BCUT2D eigenvalue weighted by Crippen LogP contribution is -1.89. The van der Waals surface area contributed by atoms with Crippen LogP contribution in [0.3, 0.4) is 0 Å². The normalized spacial score (nSPS) is 9.71. The first-order chi connectivity index (χ1) is 8.19. The lowest BCUT2D eigenvalue weighted by molar-refractivity contribution is 0.479. The van der Waals surface area contributed by atoms with Gasteiger partial charge in [0.05, 0.1) is 16.8 Å². The summed E-state index contributed by atoms with van der Waals surface area (Å²) < 4.78 is 5.51. The highest BCUT2D eigenvalue weighted by Crippen LogP contribution is 2.28. The van der Waals surface area contributed by atoms with E-state index in [0.717, 1.165) is 0 Å². The molecule has 0 spiro atoms. The molecule has 0 aliphatic carbocycles. The van der Waals surface area contributed by atoms with Crippen LogP contribution >= 0.6 is 23.2 Å². The molecule has 0 unspecified atom stereocenters. The topological polar surface area (TPSA) is 45.9 Å². The Labute approximate surface area is 108 Å². The molecule has 5 heteroatoms. The molecule has 0 N–H and O–H groups in total. The van der Waals surface area contributed by atoms with Gasteiger partial charge in [-0.05, 0) is 18.2 Å². The lowest BCUT2D eigenvalue weighted by atomic mass is 10.2. The number of nitriles is 1. The van der Waals surface area contributed by atoms with Gasteiger partial charge in [0, 0.05) is 17.3 Å². The second-order valence-electron chi connectivity index (χ2n) is 3.19. The lowest BCUT2D eigenvalue weighted by Gasteiger charge is -2.07. The first-order valence-electron chi connectivity index (χ1n) is 4.67. The number of ether oxygens (including phenoxy) is 1. The molecular weight excluding hydrogens is 259 g/mol. The molecule has 0 radical (unpaired) electrons. The number of hydrogen-bond donors (Lipinski definition) is 0. The fourth-order valence-corrected chi connectivity index (χ4v) is 1.59. The largest absolute Gasteiger partial charge is 0.454 e. The average molecular weight is 265 g/mol. The second-order valence-corrected chi connectivity index (χ2v) is 4.07. The number of hydrogen-bond acceptors (Lipinski definition) is 3. The summed E-state index contributed by atoms with van der Waals surface area (Å²) in [6.07, 6.45) is 3.02. The second kappa shape index (κ2) is 5.05. The van der Waals surface area contributed by atoms with Crippen molar-refractivity contribution in [2.45, 2.75) is 0 Å². The van der Waals surface area contributed by atoms with Crippen molar-refractivity contribution in [3.8, 4) is 17.6 Å². The smallest absolute Gasteiger partial charge is 0.147 e. The van der Waals surface area contributed by atoms with Crippen LogP contribution in [0.5, 0.6) is 11.5 Å². The highest BCUT2D eigenvalue weighted by atomic mass is 35.5. The van der Waals surface area contributed by atoms with Crippen LogP contribution < -0.4 is 4.74 Å². The zero-order valence-electron chi connectivity index (χ0n) is 8.52. The van der Waals surface area contributed by atoms with Crippen molar-refractivity contribution in [1.29, 1.82) is 5.26 Å². The molecular formula is C12H6Cl2N2O. The Bertz CT molecular complexity index is 593. The van der Waals surface area contributed by atoms with Gasteiger partial charge in [0.25, 0.3) is 0 Å². The molecule has 0 atom stereocenters. The van der Waals surface area contributed by atoms with Crippen LogP contribution in [0, 0.1) is 11.3 Å². The van der Waals surface area contributed by atoms with Crippen molar-refractivity contribution in [3.63, 3.8) is 0 Å². The summed E-state index contributed by atoms with van der Waals surface area (Å²) in [5, 5.41) is 9.90. The number of aromatic nitrogens is 1. The van der Waals surface area contributed by atoms with E-state index in [1.165, 1.54) is 18.5 Å². The molecule has 0 bridgehead atoms. The fraction of sp³-hybridized carbons (Fsp3) is 0. The van der Waals surface area contributed by atoms with Crippen LogP contribution in [0.2, 0.25) is 10.0 Å². The Morgan fingerprint density at radius 1 is 1.12 bits per heavy atom. The van der Waals surface area contributed by atoms with E-state index in [0.29, 0.717) is 27.1 Å². The summed E-state index contributed by atoms with van der Waals surface area (Å²) in [5.74, 6) is 0.886. The van der Waals surface area contributed by atoms with Crippen LogP contribution in [0.15, 0.2) is 36.7 Å². The Kier molecular flexibility index (Phi) is 3.48. The molecule has 1 aromatic heterocycles. The summed E-state index contributed by atoms with van der Waals surface area (Å²) in [4.78, 5) is 3.89. The van der Waals surface area contributed by atoms with Crippen molar-refractivity contribution in [2.24, 2.45) is 0 Å². The minimum absolute atomic E-state index is 0.359. The molecule has 0 aliphatic rings. The predicted octanol–water partition coefficient (Wildman–Crippen LogP) is 4.05. The van der Waals surface area contributed by atoms with E-state index in [-0.39, 0.29) is 0 Å². The molecule has 1 aromatic carbocycles. The third kappa shape index (κ3) is 2.88. The number of halogens is 2. The van der Waals surface area contributed by atoms with E-state index in [4.69, 9.17) is 33.2 Å². The Balaban J connectivity index is 2.34. The standard InChI is InChI=1S/C12H6Cl2N2O/c13-9-1-2-12(8(3-9)5-15)17-11-4-10(14)6-16-7-11/h1-4,6-7H. The zero-order chi connectivity index (χ0) is 12.3. The molecule has 3 nitrogen and oxygen atoms in total. The SMILES string of the molecule is N#Cc1cc(Cl)ccc1Oc1cncc(Cl)c1. The first kappa shape index (κ1) is 11.7. The van der Waals surface area contributed by atoms with Crippen LogP contribution in [-0.4, -0.2) is 4.98 Å². The fourth-order valence-electron chi connectivity index (χ4n) is 1.25. The predicted molar refractivity (Wildman–Crippen MR) is 65.5 cm³/mol. The summed E-state index contributed by atoms with van der Waals surface area (Å²) in [6, 6.07) is 8.44. The Morgan fingerprint density at radius 3 is 2.65 bits per heavy atom. The molecule has 17 heavy (non-hydrogen) atoms. The van der Waals surface area contributed by atoms with Crippen molar-refractivity contribution in [3.05, 3.63) is 52.3 Å². The maximum atomic E-state index is 8.95. The summed E-state index contributed by atoms with van der Waals surface area (Å²) >= 11 is 11.6. The van der Waals surface area contributed by atoms with Gasteiger partial charge in [-0.15, -0.1) is 0 Å². The molecule has 2 rings (SSSR count). The highest BCUT2D eigenvalue weighted by molar-refractivity contribution is 6.31. The van der Waals surface area contributed by atoms with Crippen molar-refractivity contribution in [2.75, 3.05) is 0 Å². The molecule has 0 aliphatic heterocycles. The summed E-state index contributed by atoms with van der Waals surface area (Å²) in [5.41, 5.74) is 0.359. The molecule has 0 fully saturated rings. The zero-order valence-corrected chi connectivity index (χ0v) is 10.0. The van der Waals surface area contributed by atoms with E-state index in [1.54, 1.807) is 18.2 Å². The van der Waals surface area contributed by atoms with Crippen molar-refractivity contribution >= 4 is 23.2 Å². The quantitative estimate of drug-likeness (QED) is 0.822. The van der Waals surface area contributed by atoms with E-state index in [2.05, 4.69) is 4.98 Å². The van der Waals surface area contributed by atoms with Crippen LogP contribution in [0.25, 0.3) is 0 Å². The van der Waals surface area contributed by atoms with Gasteiger partial charge >= 0.3 is 0 Å². The van der Waals surface area contributed by atoms with Crippen molar-refractivity contribution < 1.29 is 4.74 Å². The summed E-state index contributed by atoms with van der Waals surface area (Å²) in [7, 11) is 0. The van der Waals surface area contributed by atoms with Gasteiger partial charge in [-0.25, -0.2) is 0 Å². The van der Waals surface area contributed by atoms with Crippen LogP contribution in [0.4, 0.5) is 0 Å². The number of nitrogens with zero attached hydrogens (tertiary/aromatic N) is 2. The average Bonchev–Trinajstić information content (AvgIpc) is 2.31. The third-order valence-corrected chi connectivity index (χ3v) is 2.41. The summed E-state index contributed by atoms with van der Waals surface area (Å²) in [6.45, 7) is 0. The van der Waals surface area contributed by atoms with E-state index >= 15 is 0 Å². The Hall–Kier alpha value is -1.76. The van der Waals surface area contributed by atoms with Gasteiger partial charge in [0.1, 0.15) is 17.6 Å². The maximum absolute atomic E-state index is 8.95. The molecule has 2 aromatic rings. The van der Waals surface area contributed by atoms with Gasteiger partial charge in [-0.1, -0.05) is 23.2 Å². The first-order valence-corrected chi connectivity index (χ1v) is 5.42. The number of benzene rings is 1. The Morgan fingerprint density at radius 2 is 1.94 bits per heavy atom. The van der Waals surface area contributed by atoms with Gasteiger partial charge in [0.15, 0.2) is 0 Å². The van der Waals surface area contributed by atoms with Gasteiger partial charge in [-0.2, -0.15) is 5.26 Å². The van der Waals surface area contributed by atoms with E-state index in [9.17, 15) is 0 Å². The van der Waals surface area contributed by atoms with Gasteiger partial charge < -0.3 is 4.74 Å². The van der Waals surface area contributed by atoms with Crippen LogP contribution in [-0.2, 0) is 0 Å². The van der Waals surface area contributed by atoms with E-state index < -0.39 is 0 Å². The van der Waals surface area contributed by atoms with Crippen LogP contribution in [0.1, 0.15) is 5.56 Å². The van der Waals surface area contributed by atoms with E-state index in [1.807, 2.05) is 6.07 Å². The molecule has 0 amide bonds. The highest BCUT2D eigenvalue weighted by Gasteiger charge is 2.06. The minimum atomic E-state index is 0.359. The monoisotopic (exact) mass is 264 g/mol. The van der Waals surface area contributed by atoms with Gasteiger partial charge in [0.2, 0.25) is 0 Å². The number of rotatable bonds is 2. The number of pyridine rings is 1.